The Kier molecular flexibility index (Phi) is 1.26. The average Bonchev–Trinajstić information content (AvgIpc) is 1.82. The van der Waals surface area contributed by atoms with E-state index in [1.54, 1.807) is 0 Å². The van der Waals surface area contributed by atoms with E-state index in [0.29, 0.717) is 0 Å². The van der Waals surface area contributed by atoms with Crippen molar-refractivity contribution in [2.24, 2.45) is 0 Å². The molecule has 0 radical (unpaired) electrons. The van der Waals surface area contributed by atoms with Crippen LogP contribution in [0.25, 0.3) is 0 Å². The quantitative estimate of drug-likeness (QED) is 0.395. The predicted octanol–water partition coefficient (Wildman–Crippen LogP) is -0.343. The molecule has 1 heterocycles. The van der Waals surface area contributed by atoms with Crippen molar-refractivity contribution in [2.45, 2.75) is 0 Å². The Morgan fingerprint density at radius 3 is 2.40 bits per heavy atom. The van der Waals surface area contributed by atoms with Crippen LogP contribution in [0.4, 0.5) is 11.5 Å². The molecule has 1 rings (SSSR count). The van der Waals surface area contributed by atoms with Crippen molar-refractivity contribution in [2.75, 3.05) is 11.5 Å². The molecule has 0 bridgehead atoms. The summed E-state index contributed by atoms with van der Waals surface area (Å²) in [4.78, 5) is 3.38. The van der Waals surface area contributed by atoms with Gasteiger partial charge in [-0.15, -0.1) is 0 Å². The molecule has 0 aliphatic rings. The molecule has 0 saturated carbocycles. The highest BCUT2D eigenvalue weighted by Gasteiger charge is 2.03. The zero-order valence-corrected chi connectivity index (χ0v) is 5.07. The van der Waals surface area contributed by atoms with Crippen molar-refractivity contribution < 1.29 is 10.2 Å². The fraction of sp³-hybridized carbons (Fsp3) is 0. The van der Waals surface area contributed by atoms with E-state index < -0.39 is 0 Å². The van der Waals surface area contributed by atoms with E-state index in [4.69, 9.17) is 21.7 Å². The van der Waals surface area contributed by atoms with E-state index in [-0.39, 0.29) is 23.1 Å². The van der Waals surface area contributed by atoms with E-state index in [0.717, 1.165) is 6.07 Å². The number of aromatic nitrogens is 1. The van der Waals surface area contributed by atoms with Gasteiger partial charge in [-0.1, -0.05) is 0 Å². The third-order valence-corrected chi connectivity index (χ3v) is 1.05. The van der Waals surface area contributed by atoms with Gasteiger partial charge < -0.3 is 21.7 Å². The maximum atomic E-state index is 8.88. The molecular weight excluding hydrogens is 134 g/mol. The van der Waals surface area contributed by atoms with E-state index in [9.17, 15) is 0 Å². The second-order valence-electron chi connectivity index (χ2n) is 1.80. The van der Waals surface area contributed by atoms with Gasteiger partial charge in [-0.05, 0) is 0 Å². The van der Waals surface area contributed by atoms with Gasteiger partial charge in [0.05, 0.1) is 0 Å². The molecule has 0 spiro atoms. The fourth-order valence-corrected chi connectivity index (χ4v) is 0.547. The van der Waals surface area contributed by atoms with Crippen molar-refractivity contribution in [3.63, 3.8) is 0 Å². The Labute approximate surface area is 56.9 Å². The van der Waals surface area contributed by atoms with Crippen LogP contribution in [0.1, 0.15) is 0 Å². The highest BCUT2D eigenvalue weighted by Crippen LogP contribution is 2.27. The molecule has 54 valence electrons. The van der Waals surface area contributed by atoms with Crippen LogP contribution in [-0.2, 0) is 0 Å². The van der Waals surface area contributed by atoms with Crippen LogP contribution < -0.4 is 11.5 Å². The Morgan fingerprint density at radius 1 is 1.30 bits per heavy atom. The van der Waals surface area contributed by atoms with Crippen molar-refractivity contribution in [3.05, 3.63) is 6.07 Å². The summed E-state index contributed by atoms with van der Waals surface area (Å²) >= 11 is 0. The number of hydrogen-bond donors (Lipinski definition) is 4. The summed E-state index contributed by atoms with van der Waals surface area (Å²) in [6, 6.07) is 1.02. The smallest absolute Gasteiger partial charge is 0.216 e. The minimum atomic E-state index is -0.343. The summed E-state index contributed by atoms with van der Waals surface area (Å²) in [6.45, 7) is 0. The molecule has 0 amide bonds. The molecule has 0 aromatic carbocycles. The molecule has 0 saturated heterocycles. The zero-order valence-electron chi connectivity index (χ0n) is 5.07. The first kappa shape index (κ1) is 6.47. The minimum Gasteiger partial charge on any atom is -0.505 e. The normalized spacial score (nSPS) is 9.60. The molecule has 5 heteroatoms. The Balaban J connectivity index is 3.31. The van der Waals surface area contributed by atoms with Crippen molar-refractivity contribution >= 4 is 11.5 Å². The predicted molar refractivity (Wildman–Crippen MR) is 36.4 cm³/mol. The number of rotatable bonds is 0. The maximum Gasteiger partial charge on any atom is 0.216 e. The van der Waals surface area contributed by atoms with Crippen LogP contribution in [0.15, 0.2) is 6.07 Å². The highest BCUT2D eigenvalue weighted by atomic mass is 16.3. The fourth-order valence-electron chi connectivity index (χ4n) is 0.547. The standard InChI is InChI=1S/C5H7N3O2/c6-4-2(9)1-3(10)8-5(4)7/h1H,6H2,(H4,7,8,9,10). The monoisotopic (exact) mass is 141 g/mol. The van der Waals surface area contributed by atoms with Crippen LogP contribution in [-0.4, -0.2) is 15.2 Å². The van der Waals surface area contributed by atoms with Gasteiger partial charge in [0.2, 0.25) is 5.88 Å². The summed E-state index contributed by atoms with van der Waals surface area (Å²) in [6.07, 6.45) is 0. The summed E-state index contributed by atoms with van der Waals surface area (Å²) in [5, 5.41) is 17.6. The van der Waals surface area contributed by atoms with Gasteiger partial charge in [0.15, 0.2) is 5.82 Å². The first-order valence-electron chi connectivity index (χ1n) is 2.55. The topological polar surface area (TPSA) is 105 Å². The summed E-state index contributed by atoms with van der Waals surface area (Å²) in [7, 11) is 0. The first-order valence-corrected chi connectivity index (χ1v) is 2.55. The van der Waals surface area contributed by atoms with Gasteiger partial charge in [-0.2, -0.15) is 4.98 Å². The lowest BCUT2D eigenvalue weighted by Crippen LogP contribution is -1.97. The molecule has 0 unspecified atom stereocenters. The highest BCUT2D eigenvalue weighted by molar-refractivity contribution is 5.67. The molecule has 1 aromatic rings. The van der Waals surface area contributed by atoms with Gasteiger partial charge >= 0.3 is 0 Å². The zero-order chi connectivity index (χ0) is 7.72. The van der Waals surface area contributed by atoms with E-state index in [1.807, 2.05) is 0 Å². The Morgan fingerprint density at radius 2 is 1.90 bits per heavy atom. The lowest BCUT2D eigenvalue weighted by atomic mass is 10.3. The van der Waals surface area contributed by atoms with Gasteiger partial charge in [0, 0.05) is 6.07 Å². The summed E-state index contributed by atoms with van der Waals surface area (Å²) in [5.74, 6) is -0.674. The number of hydrogen-bond acceptors (Lipinski definition) is 5. The largest absolute Gasteiger partial charge is 0.505 e. The molecular formula is C5H7N3O2. The molecule has 6 N–H and O–H groups in total. The molecule has 0 fully saturated rings. The maximum absolute atomic E-state index is 8.88. The molecule has 5 nitrogen and oxygen atoms in total. The molecule has 0 aliphatic carbocycles. The first-order chi connectivity index (χ1) is 4.61. The summed E-state index contributed by atoms with van der Waals surface area (Å²) < 4.78 is 0. The Bertz CT molecular complexity index is 238. The molecule has 10 heavy (non-hydrogen) atoms. The lowest BCUT2D eigenvalue weighted by Gasteiger charge is -2.00. The SMILES string of the molecule is Nc1nc(O)cc(O)c1N. The van der Waals surface area contributed by atoms with Crippen molar-refractivity contribution in [3.8, 4) is 11.6 Å². The average molecular weight is 141 g/mol. The van der Waals surface area contributed by atoms with Crippen LogP contribution in [0.3, 0.4) is 0 Å². The lowest BCUT2D eigenvalue weighted by molar-refractivity contribution is 0.437. The van der Waals surface area contributed by atoms with E-state index >= 15 is 0 Å². The number of nitrogens with two attached hydrogens (primary N) is 2. The van der Waals surface area contributed by atoms with Crippen LogP contribution in [0, 0.1) is 0 Å². The van der Waals surface area contributed by atoms with Crippen molar-refractivity contribution in [1.82, 2.24) is 4.98 Å². The van der Waals surface area contributed by atoms with Gasteiger partial charge in [0.25, 0.3) is 0 Å². The van der Waals surface area contributed by atoms with Crippen LogP contribution >= 0.6 is 0 Å². The van der Waals surface area contributed by atoms with E-state index in [1.165, 1.54) is 0 Å². The number of aromatic hydroxyl groups is 2. The molecule has 0 aliphatic heterocycles. The third kappa shape index (κ3) is 0.883. The summed E-state index contributed by atoms with van der Waals surface area (Å²) in [5.41, 5.74) is 10.4. The minimum absolute atomic E-state index is 0.0159. The molecule has 1 aromatic heterocycles. The van der Waals surface area contributed by atoms with Gasteiger partial charge in [-0.25, -0.2) is 0 Å². The van der Waals surface area contributed by atoms with Gasteiger partial charge in [-0.3, -0.25) is 0 Å². The van der Waals surface area contributed by atoms with Crippen LogP contribution in [0.2, 0.25) is 0 Å². The number of anilines is 2. The number of pyridine rings is 1. The second-order valence-corrected chi connectivity index (χ2v) is 1.80. The molecule has 0 atom stereocenters. The van der Waals surface area contributed by atoms with E-state index in [2.05, 4.69) is 4.98 Å². The van der Waals surface area contributed by atoms with Crippen LogP contribution in [0.5, 0.6) is 11.6 Å². The third-order valence-electron chi connectivity index (χ3n) is 1.05. The second kappa shape index (κ2) is 1.94. The number of nitrogens with zero attached hydrogens (tertiary/aromatic N) is 1. The Hall–Kier alpha value is -1.65. The van der Waals surface area contributed by atoms with Gasteiger partial charge in [0.1, 0.15) is 11.4 Å². The van der Waals surface area contributed by atoms with Crippen molar-refractivity contribution in [1.29, 1.82) is 0 Å². The number of nitrogen functional groups attached to an aromatic ring is 2.